The van der Waals surface area contributed by atoms with Crippen molar-refractivity contribution in [1.29, 1.82) is 0 Å². The maximum atomic E-state index is 13.8. The largest absolute Gasteiger partial charge is 0.488 e. The first-order valence-corrected chi connectivity index (χ1v) is 7.26. The Morgan fingerprint density at radius 1 is 1.20 bits per heavy atom. The summed E-state index contributed by atoms with van der Waals surface area (Å²) >= 11 is 3.24. The average molecular weight is 338 g/mol. The molecule has 2 N–H and O–H groups in total. The zero-order chi connectivity index (χ0) is 14.5. The number of nitrogens with two attached hydrogens (primary N) is 1. The Morgan fingerprint density at radius 3 is 2.70 bits per heavy atom. The molecule has 0 aliphatic rings. The Balaban J connectivity index is 2.18. The SMILES string of the molecule is Cc1cccc(CCN)c1OCc1ccc(Br)cc1F. The van der Waals surface area contributed by atoms with Gasteiger partial charge in [0.1, 0.15) is 18.2 Å². The van der Waals surface area contributed by atoms with E-state index >= 15 is 0 Å². The highest BCUT2D eigenvalue weighted by Gasteiger charge is 2.09. The van der Waals surface area contributed by atoms with Crippen LogP contribution in [0.3, 0.4) is 0 Å². The van der Waals surface area contributed by atoms with Gasteiger partial charge in [-0.1, -0.05) is 40.2 Å². The van der Waals surface area contributed by atoms with E-state index in [0.29, 0.717) is 12.1 Å². The Bertz CT molecular complexity index is 601. The molecule has 0 radical (unpaired) electrons. The van der Waals surface area contributed by atoms with Gasteiger partial charge in [0, 0.05) is 10.0 Å². The number of aryl methyl sites for hydroxylation is 1. The van der Waals surface area contributed by atoms with Crippen molar-refractivity contribution in [1.82, 2.24) is 0 Å². The number of hydrogen-bond donors (Lipinski definition) is 1. The van der Waals surface area contributed by atoms with Crippen LogP contribution in [-0.4, -0.2) is 6.54 Å². The van der Waals surface area contributed by atoms with Gasteiger partial charge in [0.05, 0.1) is 0 Å². The number of para-hydroxylation sites is 1. The van der Waals surface area contributed by atoms with E-state index in [0.717, 1.165) is 27.8 Å². The zero-order valence-corrected chi connectivity index (χ0v) is 12.9. The van der Waals surface area contributed by atoms with E-state index in [4.69, 9.17) is 10.5 Å². The van der Waals surface area contributed by atoms with Crippen LogP contribution in [0, 0.1) is 12.7 Å². The van der Waals surface area contributed by atoms with Crippen LogP contribution in [0.25, 0.3) is 0 Å². The molecule has 106 valence electrons. The molecule has 0 aliphatic heterocycles. The quantitative estimate of drug-likeness (QED) is 0.895. The van der Waals surface area contributed by atoms with E-state index in [1.165, 1.54) is 6.07 Å². The van der Waals surface area contributed by atoms with Crippen LogP contribution in [0.4, 0.5) is 4.39 Å². The topological polar surface area (TPSA) is 35.2 Å². The second-order valence-electron chi connectivity index (χ2n) is 4.63. The van der Waals surface area contributed by atoms with Crippen LogP contribution in [-0.2, 0) is 13.0 Å². The molecule has 0 amide bonds. The number of rotatable bonds is 5. The van der Waals surface area contributed by atoms with Crippen molar-refractivity contribution in [3.63, 3.8) is 0 Å². The van der Waals surface area contributed by atoms with Crippen molar-refractivity contribution in [2.45, 2.75) is 20.0 Å². The summed E-state index contributed by atoms with van der Waals surface area (Å²) in [6, 6.07) is 10.9. The lowest BCUT2D eigenvalue weighted by Crippen LogP contribution is -2.07. The Morgan fingerprint density at radius 2 is 2.00 bits per heavy atom. The summed E-state index contributed by atoms with van der Waals surface area (Å²) in [5.74, 6) is 0.536. The molecule has 0 saturated carbocycles. The van der Waals surface area contributed by atoms with Gasteiger partial charge in [-0.05, 0) is 43.1 Å². The highest BCUT2D eigenvalue weighted by molar-refractivity contribution is 9.10. The van der Waals surface area contributed by atoms with Crippen LogP contribution in [0.2, 0.25) is 0 Å². The van der Waals surface area contributed by atoms with Crippen molar-refractivity contribution < 1.29 is 9.13 Å². The third kappa shape index (κ3) is 3.58. The monoisotopic (exact) mass is 337 g/mol. The zero-order valence-electron chi connectivity index (χ0n) is 11.3. The van der Waals surface area contributed by atoms with E-state index in [9.17, 15) is 4.39 Å². The van der Waals surface area contributed by atoms with Crippen molar-refractivity contribution in [2.24, 2.45) is 5.73 Å². The summed E-state index contributed by atoms with van der Waals surface area (Å²) in [4.78, 5) is 0. The van der Waals surface area contributed by atoms with Gasteiger partial charge in [0.2, 0.25) is 0 Å². The maximum absolute atomic E-state index is 13.8. The Labute approximate surface area is 126 Å². The van der Waals surface area contributed by atoms with E-state index in [1.807, 2.05) is 25.1 Å². The lowest BCUT2D eigenvalue weighted by molar-refractivity contribution is 0.294. The van der Waals surface area contributed by atoms with E-state index < -0.39 is 0 Å². The normalized spacial score (nSPS) is 10.6. The molecule has 2 aromatic carbocycles. The first kappa shape index (κ1) is 15.0. The summed E-state index contributed by atoms with van der Waals surface area (Å²) in [5.41, 5.74) is 8.24. The van der Waals surface area contributed by atoms with Gasteiger partial charge < -0.3 is 10.5 Å². The summed E-state index contributed by atoms with van der Waals surface area (Å²) < 4.78 is 20.3. The van der Waals surface area contributed by atoms with Crippen LogP contribution in [0.5, 0.6) is 5.75 Å². The van der Waals surface area contributed by atoms with Crippen LogP contribution in [0.1, 0.15) is 16.7 Å². The highest BCUT2D eigenvalue weighted by atomic mass is 79.9. The van der Waals surface area contributed by atoms with Gasteiger partial charge in [-0.15, -0.1) is 0 Å². The fourth-order valence-electron chi connectivity index (χ4n) is 2.06. The second-order valence-corrected chi connectivity index (χ2v) is 5.54. The third-order valence-corrected chi connectivity index (χ3v) is 3.59. The van der Waals surface area contributed by atoms with E-state index in [1.54, 1.807) is 12.1 Å². The smallest absolute Gasteiger partial charge is 0.130 e. The minimum atomic E-state index is -0.270. The van der Waals surface area contributed by atoms with Gasteiger partial charge in [-0.3, -0.25) is 0 Å². The second kappa shape index (κ2) is 6.86. The number of ether oxygens (including phenoxy) is 1. The molecule has 0 atom stereocenters. The molecule has 0 unspecified atom stereocenters. The van der Waals surface area contributed by atoms with Gasteiger partial charge >= 0.3 is 0 Å². The van der Waals surface area contributed by atoms with Crippen LogP contribution < -0.4 is 10.5 Å². The van der Waals surface area contributed by atoms with E-state index in [-0.39, 0.29) is 12.4 Å². The molecule has 0 fully saturated rings. The number of halogens is 2. The molecular weight excluding hydrogens is 321 g/mol. The molecular formula is C16H17BrFNO. The Hall–Kier alpha value is -1.39. The lowest BCUT2D eigenvalue weighted by atomic mass is 10.1. The lowest BCUT2D eigenvalue weighted by Gasteiger charge is -2.14. The van der Waals surface area contributed by atoms with E-state index in [2.05, 4.69) is 15.9 Å². The van der Waals surface area contributed by atoms with Crippen molar-refractivity contribution >= 4 is 15.9 Å². The van der Waals surface area contributed by atoms with Crippen molar-refractivity contribution in [3.8, 4) is 5.75 Å². The molecule has 0 aromatic heterocycles. The van der Waals surface area contributed by atoms with Crippen LogP contribution >= 0.6 is 15.9 Å². The number of benzene rings is 2. The first-order valence-electron chi connectivity index (χ1n) is 6.47. The Kier molecular flexibility index (Phi) is 5.15. The van der Waals surface area contributed by atoms with Crippen molar-refractivity contribution in [2.75, 3.05) is 6.54 Å². The fraction of sp³-hybridized carbons (Fsp3) is 0.250. The third-order valence-electron chi connectivity index (χ3n) is 3.09. The fourth-order valence-corrected chi connectivity index (χ4v) is 2.39. The van der Waals surface area contributed by atoms with Gasteiger partial charge in [-0.25, -0.2) is 4.39 Å². The van der Waals surface area contributed by atoms with Gasteiger partial charge in [-0.2, -0.15) is 0 Å². The summed E-state index contributed by atoms with van der Waals surface area (Å²) in [7, 11) is 0. The molecule has 2 nitrogen and oxygen atoms in total. The average Bonchev–Trinajstić information content (AvgIpc) is 2.40. The highest BCUT2D eigenvalue weighted by Crippen LogP contribution is 2.25. The molecule has 0 spiro atoms. The molecule has 2 aromatic rings. The molecule has 0 saturated heterocycles. The standard InChI is InChI=1S/C16H17BrFNO/c1-11-3-2-4-12(7-8-19)16(11)20-10-13-5-6-14(17)9-15(13)18/h2-6,9H,7-8,10,19H2,1H3. The molecule has 0 heterocycles. The van der Waals surface area contributed by atoms with Gasteiger partial charge in [0.15, 0.2) is 0 Å². The molecule has 2 rings (SSSR count). The maximum Gasteiger partial charge on any atom is 0.130 e. The predicted octanol–water partition coefficient (Wildman–Crippen LogP) is 3.98. The summed E-state index contributed by atoms with van der Waals surface area (Å²) in [5, 5.41) is 0. The molecule has 0 aliphatic carbocycles. The van der Waals surface area contributed by atoms with Crippen molar-refractivity contribution in [3.05, 3.63) is 63.4 Å². The first-order chi connectivity index (χ1) is 9.61. The minimum absolute atomic E-state index is 0.210. The predicted molar refractivity (Wildman–Crippen MR) is 82.4 cm³/mol. The number of hydrogen-bond acceptors (Lipinski definition) is 2. The minimum Gasteiger partial charge on any atom is -0.488 e. The molecule has 4 heteroatoms. The summed E-state index contributed by atoms with van der Waals surface area (Å²) in [6.07, 6.45) is 0.750. The van der Waals surface area contributed by atoms with Gasteiger partial charge in [0.25, 0.3) is 0 Å². The molecule has 0 bridgehead atoms. The molecule has 20 heavy (non-hydrogen) atoms. The van der Waals surface area contributed by atoms with Crippen LogP contribution in [0.15, 0.2) is 40.9 Å². The summed E-state index contributed by atoms with van der Waals surface area (Å²) in [6.45, 7) is 2.75.